The Morgan fingerprint density at radius 3 is 2.52 bits per heavy atom. The minimum Gasteiger partial charge on any atom is -0.496 e. The molecule has 7 aromatic rings. The number of methoxy groups -OCH3 is 1. The first kappa shape index (κ1) is 25.5. The summed E-state index contributed by atoms with van der Waals surface area (Å²) in [5.74, 6) is 1.04. The van der Waals surface area contributed by atoms with E-state index in [1.165, 1.54) is 10.7 Å². The van der Waals surface area contributed by atoms with Gasteiger partial charge in [-0.25, -0.2) is 9.37 Å². The van der Waals surface area contributed by atoms with Crippen LogP contribution in [0.5, 0.6) is 5.75 Å². The van der Waals surface area contributed by atoms with Crippen LogP contribution in [0.4, 0.5) is 4.39 Å². The lowest BCUT2D eigenvalue weighted by Gasteiger charge is -2.09. The molecule has 0 fully saturated rings. The maximum Gasteiger partial charge on any atom is 0.282 e. The first-order valence-electron chi connectivity index (χ1n) is 13.5. The molecule has 0 radical (unpaired) electrons. The summed E-state index contributed by atoms with van der Waals surface area (Å²) in [7, 11) is 1.60. The van der Waals surface area contributed by atoms with Crippen molar-refractivity contribution in [3.05, 3.63) is 130 Å². The van der Waals surface area contributed by atoms with Gasteiger partial charge in [-0.05, 0) is 49.4 Å². The second kappa shape index (κ2) is 10.2. The lowest BCUT2D eigenvalue weighted by atomic mass is 10.1. The van der Waals surface area contributed by atoms with Gasteiger partial charge in [0.1, 0.15) is 17.1 Å². The SMILES string of the molecule is COc1cccc2oc(-c3nc4ccccc4c(=O)n3N=Cc3c(C)n(Cc4ccccc4F)c4ccccc34)cc12. The Morgan fingerprint density at radius 1 is 0.929 bits per heavy atom. The fourth-order valence-electron chi connectivity index (χ4n) is 5.45. The number of ether oxygens (including phenoxy) is 1. The van der Waals surface area contributed by atoms with Gasteiger partial charge in [0.05, 0.1) is 36.2 Å². The zero-order valence-electron chi connectivity index (χ0n) is 22.9. The highest BCUT2D eigenvalue weighted by Crippen LogP contribution is 2.33. The second-order valence-corrected chi connectivity index (χ2v) is 9.99. The van der Waals surface area contributed by atoms with Crippen LogP contribution < -0.4 is 10.3 Å². The predicted octanol–water partition coefficient (Wildman–Crippen LogP) is 7.15. The molecule has 3 aromatic heterocycles. The highest BCUT2D eigenvalue weighted by atomic mass is 19.1. The fourth-order valence-corrected chi connectivity index (χ4v) is 5.45. The molecule has 0 bridgehead atoms. The van der Waals surface area contributed by atoms with Gasteiger partial charge in [0.2, 0.25) is 5.82 Å². The smallest absolute Gasteiger partial charge is 0.282 e. The lowest BCUT2D eigenvalue weighted by molar-refractivity contribution is 0.419. The second-order valence-electron chi connectivity index (χ2n) is 9.99. The quantitative estimate of drug-likeness (QED) is 0.204. The number of furan rings is 1. The average Bonchev–Trinajstić information content (AvgIpc) is 3.57. The van der Waals surface area contributed by atoms with E-state index < -0.39 is 0 Å². The van der Waals surface area contributed by atoms with Gasteiger partial charge in [0.25, 0.3) is 5.56 Å². The number of hydrogen-bond donors (Lipinski definition) is 0. The van der Waals surface area contributed by atoms with Gasteiger partial charge in [-0.1, -0.05) is 54.6 Å². The summed E-state index contributed by atoms with van der Waals surface area (Å²) < 4.78 is 29.6. The van der Waals surface area contributed by atoms with Crippen LogP contribution in [0.3, 0.4) is 0 Å². The van der Waals surface area contributed by atoms with Gasteiger partial charge in [0, 0.05) is 27.7 Å². The van der Waals surface area contributed by atoms with Crippen LogP contribution in [0, 0.1) is 12.7 Å². The topological polar surface area (TPSA) is 74.6 Å². The third-order valence-electron chi connectivity index (χ3n) is 7.58. The van der Waals surface area contributed by atoms with E-state index in [1.54, 1.807) is 43.7 Å². The predicted molar refractivity (Wildman–Crippen MR) is 163 cm³/mol. The van der Waals surface area contributed by atoms with Gasteiger partial charge in [-0.3, -0.25) is 4.79 Å². The average molecular weight is 557 g/mol. The van der Waals surface area contributed by atoms with Gasteiger partial charge < -0.3 is 13.7 Å². The largest absolute Gasteiger partial charge is 0.496 e. The third kappa shape index (κ3) is 4.16. The normalized spacial score (nSPS) is 11.8. The van der Waals surface area contributed by atoms with E-state index in [1.807, 2.05) is 67.6 Å². The molecule has 0 spiro atoms. The zero-order valence-corrected chi connectivity index (χ0v) is 22.9. The van der Waals surface area contributed by atoms with E-state index in [9.17, 15) is 9.18 Å². The number of rotatable bonds is 6. The number of nitrogens with zero attached hydrogens (tertiary/aromatic N) is 4. The summed E-state index contributed by atoms with van der Waals surface area (Å²) in [4.78, 5) is 18.6. The molecule has 206 valence electrons. The van der Waals surface area contributed by atoms with Crippen molar-refractivity contribution < 1.29 is 13.5 Å². The molecule has 0 aliphatic carbocycles. The summed E-state index contributed by atoms with van der Waals surface area (Å²) in [5.41, 5.74) is 4.05. The molecule has 8 heteroatoms. The standard InChI is InChI=1S/C34H25FN4O3/c1-21-26(23-11-5-8-15-29(23)38(21)20-22-10-3-6-13-27(22)35)19-36-39-33(37-28-14-7-4-12-24(28)34(39)40)32-18-25-30(41-2)16-9-17-31(25)42-32/h3-19H,20H2,1-2H3. The first-order chi connectivity index (χ1) is 20.5. The number of hydrogen-bond acceptors (Lipinski definition) is 5. The number of fused-ring (bicyclic) bond motifs is 3. The zero-order chi connectivity index (χ0) is 28.8. The molecule has 0 aliphatic rings. The number of benzene rings is 4. The van der Waals surface area contributed by atoms with Gasteiger partial charge in [-0.15, -0.1) is 0 Å². The van der Waals surface area contributed by atoms with Crippen LogP contribution in [0.2, 0.25) is 0 Å². The Kier molecular flexibility index (Phi) is 6.16. The van der Waals surface area contributed by atoms with Crippen molar-refractivity contribution in [2.24, 2.45) is 5.10 Å². The van der Waals surface area contributed by atoms with Crippen LogP contribution in [0.15, 0.2) is 111 Å². The Morgan fingerprint density at radius 2 is 1.69 bits per heavy atom. The van der Waals surface area contributed by atoms with Gasteiger partial charge >= 0.3 is 0 Å². The van der Waals surface area contributed by atoms with Crippen molar-refractivity contribution in [2.45, 2.75) is 13.5 Å². The van der Waals surface area contributed by atoms with E-state index in [4.69, 9.17) is 19.2 Å². The molecule has 0 N–H and O–H groups in total. The van der Waals surface area contributed by atoms with Crippen molar-refractivity contribution in [1.82, 2.24) is 14.2 Å². The lowest BCUT2D eigenvalue weighted by Crippen LogP contribution is -2.20. The highest BCUT2D eigenvalue weighted by molar-refractivity contribution is 6.01. The van der Waals surface area contributed by atoms with Crippen LogP contribution in [-0.2, 0) is 6.54 Å². The molecule has 0 unspecified atom stereocenters. The molecule has 7 rings (SSSR count). The Hall–Kier alpha value is -5.50. The maximum absolute atomic E-state index is 14.6. The molecule has 42 heavy (non-hydrogen) atoms. The monoisotopic (exact) mass is 556 g/mol. The summed E-state index contributed by atoms with van der Waals surface area (Å²) in [6.07, 6.45) is 1.67. The minimum absolute atomic E-state index is 0.259. The molecule has 0 atom stereocenters. The van der Waals surface area contributed by atoms with Crippen molar-refractivity contribution in [2.75, 3.05) is 7.11 Å². The Bertz CT molecular complexity index is 2220. The van der Waals surface area contributed by atoms with Crippen LogP contribution in [-0.4, -0.2) is 27.6 Å². The Labute approximate surface area is 239 Å². The van der Waals surface area contributed by atoms with Crippen molar-refractivity contribution >= 4 is 39.0 Å². The molecule has 0 saturated heterocycles. The molecular weight excluding hydrogens is 531 g/mol. The molecule has 3 heterocycles. The Balaban J connectivity index is 1.41. The van der Waals surface area contributed by atoms with E-state index in [-0.39, 0.29) is 17.2 Å². The third-order valence-corrected chi connectivity index (χ3v) is 7.58. The van der Waals surface area contributed by atoms with Crippen molar-refractivity contribution in [3.63, 3.8) is 0 Å². The molecule has 0 saturated carbocycles. The molecule has 7 nitrogen and oxygen atoms in total. The fraction of sp³-hybridized carbons (Fsp3) is 0.0882. The number of halogens is 1. The minimum atomic E-state index is -0.327. The first-order valence-corrected chi connectivity index (χ1v) is 13.5. The van der Waals surface area contributed by atoms with Crippen LogP contribution >= 0.6 is 0 Å². The van der Waals surface area contributed by atoms with Gasteiger partial charge in [0.15, 0.2) is 5.76 Å². The summed E-state index contributed by atoms with van der Waals surface area (Å²) in [6, 6.07) is 29.1. The van der Waals surface area contributed by atoms with Crippen LogP contribution in [0.25, 0.3) is 44.4 Å². The molecule has 0 aliphatic heterocycles. The number of para-hydroxylation sites is 2. The van der Waals surface area contributed by atoms with E-state index in [0.717, 1.165) is 27.5 Å². The van der Waals surface area contributed by atoms with Crippen molar-refractivity contribution in [1.29, 1.82) is 0 Å². The van der Waals surface area contributed by atoms with Crippen LogP contribution in [0.1, 0.15) is 16.8 Å². The van der Waals surface area contributed by atoms with E-state index in [0.29, 0.717) is 40.1 Å². The molecule has 4 aromatic carbocycles. The summed E-state index contributed by atoms with van der Waals surface area (Å²) in [6.45, 7) is 2.33. The van der Waals surface area contributed by atoms with E-state index in [2.05, 4.69) is 4.57 Å². The molecule has 0 amide bonds. The maximum atomic E-state index is 14.6. The summed E-state index contributed by atoms with van der Waals surface area (Å²) >= 11 is 0. The van der Waals surface area contributed by atoms with E-state index >= 15 is 0 Å². The van der Waals surface area contributed by atoms with Gasteiger partial charge in [-0.2, -0.15) is 9.78 Å². The van der Waals surface area contributed by atoms with Crippen molar-refractivity contribution in [3.8, 4) is 17.3 Å². The summed E-state index contributed by atoms with van der Waals surface area (Å²) in [5, 5.41) is 6.84. The molecular formula is C34H25FN4O3. The number of aromatic nitrogens is 3. The highest BCUT2D eigenvalue weighted by Gasteiger charge is 2.19.